The molecule has 1 spiro atoms. The summed E-state index contributed by atoms with van der Waals surface area (Å²) in [5.74, 6) is -0.886. The van der Waals surface area contributed by atoms with Crippen molar-refractivity contribution in [3.05, 3.63) is 75.5 Å². The maximum absolute atomic E-state index is 12.4. The van der Waals surface area contributed by atoms with Gasteiger partial charge in [0, 0.05) is 7.05 Å². The van der Waals surface area contributed by atoms with E-state index in [4.69, 9.17) is 0 Å². The van der Waals surface area contributed by atoms with Crippen LogP contribution in [0.5, 0.6) is 0 Å². The molecule has 0 N–H and O–H groups in total. The summed E-state index contributed by atoms with van der Waals surface area (Å²) in [6.45, 7) is 1.91. The van der Waals surface area contributed by atoms with Crippen molar-refractivity contribution >= 4 is 17.3 Å². The van der Waals surface area contributed by atoms with E-state index in [1.807, 2.05) is 19.1 Å². The fourth-order valence-corrected chi connectivity index (χ4v) is 2.97. The second kappa shape index (κ2) is 5.01. The molecule has 1 heterocycles. The number of aryl methyl sites for hydroxylation is 1. The van der Waals surface area contributed by atoms with Crippen molar-refractivity contribution in [1.29, 1.82) is 0 Å². The van der Waals surface area contributed by atoms with Crippen molar-refractivity contribution in [2.75, 3.05) is 7.05 Å². The molecule has 0 bridgehead atoms. The minimum atomic E-state index is -1.11. The van der Waals surface area contributed by atoms with Gasteiger partial charge in [-0.1, -0.05) is 29.8 Å². The Morgan fingerprint density at radius 3 is 2.17 bits per heavy atom. The van der Waals surface area contributed by atoms with E-state index in [1.165, 1.54) is 24.1 Å². The predicted octanol–water partition coefficient (Wildman–Crippen LogP) is 1.89. The van der Waals surface area contributed by atoms with Gasteiger partial charge in [-0.25, -0.2) is 0 Å². The summed E-state index contributed by atoms with van der Waals surface area (Å²) >= 11 is 0. The smallest absolute Gasteiger partial charge is 0.319 e. The number of benzene rings is 1. The third-order valence-corrected chi connectivity index (χ3v) is 4.23. The van der Waals surface area contributed by atoms with Crippen molar-refractivity contribution in [1.82, 2.24) is 4.90 Å². The second-order valence-corrected chi connectivity index (χ2v) is 5.61. The highest BCUT2D eigenvalue weighted by atomic mass is 16.6. The number of hydrogen-bond acceptors (Lipinski definition) is 4. The van der Waals surface area contributed by atoms with Gasteiger partial charge in [-0.2, -0.15) is 0 Å². The summed E-state index contributed by atoms with van der Waals surface area (Å²) in [4.78, 5) is 36.0. The highest BCUT2D eigenvalue weighted by molar-refractivity contribution is 6.11. The van der Waals surface area contributed by atoms with Crippen molar-refractivity contribution in [2.45, 2.75) is 12.5 Å². The average Bonchev–Trinajstić information content (AvgIpc) is 2.73. The van der Waals surface area contributed by atoms with Crippen LogP contribution in [-0.2, 0) is 9.59 Å². The molecule has 6 heteroatoms. The number of likely N-dealkylation sites (N-methyl/N-ethyl adjacent to an activating group) is 1. The Morgan fingerprint density at radius 1 is 1.09 bits per heavy atom. The quantitative estimate of drug-likeness (QED) is 0.617. The predicted molar refractivity (Wildman–Crippen MR) is 83.9 cm³/mol. The first-order chi connectivity index (χ1) is 10.9. The molecule has 0 saturated carbocycles. The Balaban J connectivity index is 2.31. The van der Waals surface area contributed by atoms with Crippen molar-refractivity contribution < 1.29 is 14.5 Å². The highest BCUT2D eigenvalue weighted by Crippen LogP contribution is 2.44. The van der Waals surface area contributed by atoms with Crippen LogP contribution >= 0.6 is 0 Å². The lowest BCUT2D eigenvalue weighted by atomic mass is 9.82. The highest BCUT2D eigenvalue weighted by Gasteiger charge is 2.53. The maximum Gasteiger partial charge on any atom is 0.340 e. The largest absolute Gasteiger partial charge is 0.340 e. The monoisotopic (exact) mass is 310 g/mol. The van der Waals surface area contributed by atoms with Crippen LogP contribution in [0.15, 0.2) is 54.3 Å². The van der Waals surface area contributed by atoms with Gasteiger partial charge in [-0.15, -0.1) is 0 Å². The lowest BCUT2D eigenvalue weighted by Crippen LogP contribution is -2.43. The normalized spacial score (nSPS) is 19.1. The van der Waals surface area contributed by atoms with Crippen LogP contribution in [0, 0.1) is 17.0 Å². The number of ketones is 1. The summed E-state index contributed by atoms with van der Waals surface area (Å²) in [5, 5.41) is 11.5. The lowest BCUT2D eigenvalue weighted by Gasteiger charge is -2.33. The molecule has 6 nitrogen and oxygen atoms in total. The Hall–Kier alpha value is -3.02. The van der Waals surface area contributed by atoms with Crippen molar-refractivity contribution in [3.63, 3.8) is 0 Å². The molecule has 0 fully saturated rings. The number of carbonyl (C=O) groups excluding carboxylic acids is 2. The van der Waals surface area contributed by atoms with Crippen LogP contribution in [0.3, 0.4) is 0 Å². The lowest BCUT2D eigenvalue weighted by molar-refractivity contribution is -0.417. The molecule has 1 amide bonds. The van der Waals surface area contributed by atoms with Crippen LogP contribution in [0.25, 0.3) is 5.57 Å². The molecule has 0 aromatic heterocycles. The number of hydrogen-bond donors (Lipinski definition) is 0. The molecule has 1 aliphatic carbocycles. The fourth-order valence-electron chi connectivity index (χ4n) is 2.97. The SMILES string of the molecule is Cc1ccc(C2=C([N+](=O)[O-])C(=O)N(C)C23C=CC(=O)C=C3)cc1. The first-order valence-corrected chi connectivity index (χ1v) is 7.03. The van der Waals surface area contributed by atoms with Crippen LogP contribution in [0.1, 0.15) is 11.1 Å². The first kappa shape index (κ1) is 14.9. The Labute approximate surface area is 132 Å². The van der Waals surface area contributed by atoms with Gasteiger partial charge < -0.3 is 4.90 Å². The molecule has 3 rings (SSSR count). The number of nitro groups is 1. The van der Waals surface area contributed by atoms with Gasteiger partial charge in [0.15, 0.2) is 5.78 Å². The van der Waals surface area contributed by atoms with E-state index in [9.17, 15) is 19.7 Å². The molecule has 0 saturated heterocycles. The first-order valence-electron chi connectivity index (χ1n) is 7.03. The molecule has 1 aliphatic heterocycles. The molecule has 0 unspecified atom stereocenters. The van der Waals surface area contributed by atoms with Gasteiger partial charge in [-0.3, -0.25) is 19.7 Å². The van der Waals surface area contributed by atoms with E-state index >= 15 is 0 Å². The molecule has 1 aromatic rings. The molecule has 2 aliphatic rings. The second-order valence-electron chi connectivity index (χ2n) is 5.61. The zero-order valence-electron chi connectivity index (χ0n) is 12.6. The number of allylic oxidation sites excluding steroid dienone is 2. The van der Waals surface area contributed by atoms with Crippen molar-refractivity contribution in [2.24, 2.45) is 0 Å². The van der Waals surface area contributed by atoms with Gasteiger partial charge >= 0.3 is 11.6 Å². The topological polar surface area (TPSA) is 80.5 Å². The van der Waals surface area contributed by atoms with Crippen molar-refractivity contribution in [3.8, 4) is 0 Å². The number of carbonyl (C=O) groups is 2. The van der Waals surface area contributed by atoms with E-state index in [1.54, 1.807) is 24.3 Å². The third-order valence-electron chi connectivity index (χ3n) is 4.23. The number of nitrogens with zero attached hydrogens (tertiary/aromatic N) is 2. The van der Waals surface area contributed by atoms with Gasteiger partial charge in [0.05, 0.1) is 10.5 Å². The zero-order valence-corrected chi connectivity index (χ0v) is 12.6. The van der Waals surface area contributed by atoms with E-state index in [0.717, 1.165) is 5.56 Å². The third kappa shape index (κ3) is 2.11. The molecule has 0 atom stereocenters. The van der Waals surface area contributed by atoms with Gasteiger partial charge in [0.1, 0.15) is 5.54 Å². The standard InChI is InChI=1S/C17H14N2O4/c1-11-3-5-12(6-4-11)14-15(19(22)23)16(21)18(2)17(14)9-7-13(20)8-10-17/h3-10H,1-2H3. The van der Waals surface area contributed by atoms with Crippen LogP contribution < -0.4 is 0 Å². The molecule has 0 radical (unpaired) electrons. The Bertz CT molecular complexity index is 800. The summed E-state index contributed by atoms with van der Waals surface area (Å²) in [6.07, 6.45) is 5.75. The van der Waals surface area contributed by atoms with E-state index < -0.39 is 22.1 Å². The van der Waals surface area contributed by atoms with E-state index in [0.29, 0.717) is 5.56 Å². The van der Waals surface area contributed by atoms with E-state index in [-0.39, 0.29) is 11.4 Å². The zero-order chi connectivity index (χ0) is 16.8. The number of amides is 1. The molecule has 116 valence electrons. The van der Waals surface area contributed by atoms with Crippen LogP contribution in [0.2, 0.25) is 0 Å². The Morgan fingerprint density at radius 2 is 1.65 bits per heavy atom. The van der Waals surface area contributed by atoms with Crippen LogP contribution in [0.4, 0.5) is 0 Å². The summed E-state index contributed by atoms with van der Waals surface area (Å²) < 4.78 is 0. The Kier molecular flexibility index (Phi) is 3.25. The summed E-state index contributed by atoms with van der Waals surface area (Å²) in [6, 6.07) is 7.16. The molecular weight excluding hydrogens is 296 g/mol. The summed E-state index contributed by atoms with van der Waals surface area (Å²) in [7, 11) is 1.50. The number of rotatable bonds is 2. The fraction of sp³-hybridized carbons (Fsp3) is 0.176. The average molecular weight is 310 g/mol. The molecular formula is C17H14N2O4. The van der Waals surface area contributed by atoms with Gasteiger partial charge in [0.25, 0.3) is 0 Å². The minimum absolute atomic E-state index is 0.214. The molecule has 1 aromatic carbocycles. The van der Waals surface area contributed by atoms with Crippen LogP contribution in [-0.4, -0.2) is 34.1 Å². The van der Waals surface area contributed by atoms with E-state index in [2.05, 4.69) is 0 Å². The van der Waals surface area contributed by atoms with Gasteiger partial charge in [0.2, 0.25) is 0 Å². The van der Waals surface area contributed by atoms with Gasteiger partial charge in [-0.05, 0) is 36.8 Å². The minimum Gasteiger partial charge on any atom is -0.319 e. The molecule has 23 heavy (non-hydrogen) atoms. The summed E-state index contributed by atoms with van der Waals surface area (Å²) in [5.41, 5.74) is 0.315. The maximum atomic E-state index is 12.4.